The van der Waals surface area contributed by atoms with Gasteiger partial charge in [0.25, 0.3) is 5.56 Å². The number of halogens is 1. The van der Waals surface area contributed by atoms with Gasteiger partial charge in [-0.3, -0.25) is 14.2 Å². The van der Waals surface area contributed by atoms with Gasteiger partial charge in [0.05, 0.1) is 11.1 Å². The molecule has 29 heavy (non-hydrogen) atoms. The molecule has 0 bridgehead atoms. The highest BCUT2D eigenvalue weighted by atomic mass is 32.2. The molecule has 0 aliphatic carbocycles. The van der Waals surface area contributed by atoms with Crippen LogP contribution >= 0.6 is 23.1 Å². The summed E-state index contributed by atoms with van der Waals surface area (Å²) in [5.74, 6) is -0.231. The first-order valence-corrected chi connectivity index (χ1v) is 10.8. The van der Waals surface area contributed by atoms with Crippen LogP contribution in [-0.4, -0.2) is 25.7 Å². The molecule has 0 unspecified atom stereocenters. The normalized spacial score (nSPS) is 11.3. The number of ketones is 1. The molecule has 3 heterocycles. The first-order valence-electron chi connectivity index (χ1n) is 8.92. The average Bonchev–Trinajstić information content (AvgIpc) is 3.27. The maximum Gasteiger partial charge on any atom is 0.262 e. The quantitative estimate of drug-likeness (QED) is 0.267. The summed E-state index contributed by atoms with van der Waals surface area (Å²) in [6.07, 6.45) is 0. The fraction of sp³-hybridized carbons (Fsp3) is 0.190. The number of aromatic nitrogens is 3. The van der Waals surface area contributed by atoms with E-state index in [0.717, 1.165) is 11.4 Å². The Bertz CT molecular complexity index is 1300. The summed E-state index contributed by atoms with van der Waals surface area (Å²) in [5.41, 5.74) is 2.76. The van der Waals surface area contributed by atoms with Crippen LogP contribution in [0.4, 0.5) is 4.39 Å². The Morgan fingerprint density at radius 3 is 2.79 bits per heavy atom. The molecule has 0 spiro atoms. The lowest BCUT2D eigenvalue weighted by Crippen LogP contribution is -2.19. The highest BCUT2D eigenvalue weighted by molar-refractivity contribution is 7.99. The first-order chi connectivity index (χ1) is 13.9. The zero-order chi connectivity index (χ0) is 20.7. The Labute approximate surface area is 174 Å². The number of fused-ring (bicyclic) bond motifs is 1. The van der Waals surface area contributed by atoms with Crippen LogP contribution in [0.3, 0.4) is 0 Å². The van der Waals surface area contributed by atoms with Crippen LogP contribution in [0.5, 0.6) is 0 Å². The minimum atomic E-state index is -0.325. The van der Waals surface area contributed by atoms with Crippen molar-refractivity contribution in [2.24, 2.45) is 7.05 Å². The second kappa shape index (κ2) is 7.61. The molecule has 4 rings (SSSR count). The fourth-order valence-corrected chi connectivity index (χ4v) is 5.04. The van der Waals surface area contributed by atoms with Crippen LogP contribution in [0.1, 0.15) is 21.7 Å². The Hall–Kier alpha value is -2.71. The van der Waals surface area contributed by atoms with Crippen molar-refractivity contribution in [2.45, 2.75) is 19.0 Å². The second-order valence-corrected chi connectivity index (χ2v) is 8.55. The van der Waals surface area contributed by atoms with Crippen molar-refractivity contribution >= 4 is 39.1 Å². The number of carbonyl (C=O) groups is 1. The molecule has 148 valence electrons. The minimum Gasteiger partial charge on any atom is -0.318 e. The molecule has 4 aromatic rings. The van der Waals surface area contributed by atoms with E-state index in [2.05, 4.69) is 4.98 Å². The predicted molar refractivity (Wildman–Crippen MR) is 115 cm³/mol. The van der Waals surface area contributed by atoms with E-state index in [-0.39, 0.29) is 22.9 Å². The monoisotopic (exact) mass is 427 g/mol. The van der Waals surface area contributed by atoms with Gasteiger partial charge in [-0.15, -0.1) is 11.3 Å². The molecular formula is C21H18FN3O2S2. The smallest absolute Gasteiger partial charge is 0.262 e. The number of thioether (sulfide) groups is 1. The Morgan fingerprint density at radius 1 is 1.24 bits per heavy atom. The molecule has 5 nitrogen and oxygen atoms in total. The van der Waals surface area contributed by atoms with E-state index in [4.69, 9.17) is 0 Å². The third-order valence-electron chi connectivity index (χ3n) is 4.79. The van der Waals surface area contributed by atoms with Crippen molar-refractivity contribution in [1.82, 2.24) is 14.1 Å². The summed E-state index contributed by atoms with van der Waals surface area (Å²) in [7, 11) is 1.66. The van der Waals surface area contributed by atoms with Crippen LogP contribution in [0.25, 0.3) is 15.9 Å². The number of carbonyl (C=O) groups excluding carboxylic acids is 1. The Kier molecular flexibility index (Phi) is 5.14. The van der Waals surface area contributed by atoms with E-state index in [1.54, 1.807) is 19.2 Å². The zero-order valence-electron chi connectivity index (χ0n) is 16.1. The lowest BCUT2D eigenvalue weighted by Gasteiger charge is -2.10. The minimum absolute atomic E-state index is 0.0636. The molecule has 0 atom stereocenters. The van der Waals surface area contributed by atoms with Crippen molar-refractivity contribution in [1.29, 1.82) is 0 Å². The highest BCUT2D eigenvalue weighted by Crippen LogP contribution is 2.25. The second-order valence-electron chi connectivity index (χ2n) is 6.71. The number of hydrogen-bond donors (Lipinski definition) is 0. The Morgan fingerprint density at radius 2 is 2.03 bits per heavy atom. The van der Waals surface area contributed by atoms with Crippen molar-refractivity contribution < 1.29 is 9.18 Å². The fourth-order valence-electron chi connectivity index (χ4n) is 3.37. The summed E-state index contributed by atoms with van der Waals surface area (Å²) in [6, 6.07) is 9.87. The average molecular weight is 428 g/mol. The predicted octanol–water partition coefficient (Wildman–Crippen LogP) is 4.52. The third kappa shape index (κ3) is 3.54. The summed E-state index contributed by atoms with van der Waals surface area (Å²) < 4.78 is 17.0. The molecule has 0 amide bonds. The van der Waals surface area contributed by atoms with Gasteiger partial charge in [0.1, 0.15) is 10.6 Å². The summed E-state index contributed by atoms with van der Waals surface area (Å²) in [6.45, 7) is 3.74. The zero-order valence-corrected chi connectivity index (χ0v) is 17.7. The van der Waals surface area contributed by atoms with Gasteiger partial charge < -0.3 is 4.57 Å². The van der Waals surface area contributed by atoms with Gasteiger partial charge in [-0.2, -0.15) is 0 Å². The van der Waals surface area contributed by atoms with E-state index in [1.165, 1.54) is 39.8 Å². The molecular weight excluding hydrogens is 409 g/mol. The lowest BCUT2D eigenvalue weighted by atomic mass is 10.2. The molecule has 0 saturated heterocycles. The van der Waals surface area contributed by atoms with Crippen LogP contribution < -0.4 is 5.56 Å². The molecule has 0 saturated carbocycles. The number of Topliss-reactive ketones (excluding diaryl/α,β-unsaturated/α-hetero) is 1. The molecule has 0 fully saturated rings. The molecule has 0 aliphatic heterocycles. The molecule has 0 radical (unpaired) electrons. The molecule has 0 N–H and O–H groups in total. The third-order valence-corrected chi connectivity index (χ3v) is 6.63. The van der Waals surface area contributed by atoms with Crippen molar-refractivity contribution in [2.75, 3.05) is 5.75 Å². The first kappa shape index (κ1) is 19.6. The summed E-state index contributed by atoms with van der Waals surface area (Å²) >= 11 is 2.65. The van der Waals surface area contributed by atoms with Crippen molar-refractivity contribution in [3.8, 4) is 5.69 Å². The SMILES string of the molecule is Cc1cc(C(=O)CSc2nc3sccc3c(=O)n2C)c(C)n1-c1cccc(F)c1. The van der Waals surface area contributed by atoms with Gasteiger partial charge in [0.15, 0.2) is 10.9 Å². The number of rotatable bonds is 5. The maximum absolute atomic E-state index is 13.6. The maximum atomic E-state index is 13.6. The van der Waals surface area contributed by atoms with Gasteiger partial charge in [-0.05, 0) is 49.6 Å². The van der Waals surface area contributed by atoms with E-state index in [0.29, 0.717) is 26.6 Å². The lowest BCUT2D eigenvalue weighted by molar-refractivity contribution is 0.102. The number of nitrogens with zero attached hydrogens (tertiary/aromatic N) is 3. The molecule has 3 aromatic heterocycles. The van der Waals surface area contributed by atoms with Gasteiger partial charge in [-0.25, -0.2) is 9.37 Å². The standard InChI is InChI=1S/C21H18FN3O2S2/c1-12-9-17(13(2)25(12)15-6-4-5-14(22)10-15)18(26)11-29-21-23-19-16(7-8-28-19)20(27)24(21)3/h4-10H,11H2,1-3H3. The van der Waals surface area contributed by atoms with Crippen LogP contribution in [-0.2, 0) is 7.05 Å². The summed E-state index contributed by atoms with van der Waals surface area (Å²) in [5, 5.41) is 2.93. The summed E-state index contributed by atoms with van der Waals surface area (Å²) in [4.78, 5) is 30.5. The van der Waals surface area contributed by atoms with Crippen molar-refractivity contribution in [3.63, 3.8) is 0 Å². The molecule has 0 aliphatic rings. The van der Waals surface area contributed by atoms with E-state index < -0.39 is 0 Å². The number of benzene rings is 1. The van der Waals surface area contributed by atoms with Gasteiger partial charge in [0, 0.05) is 29.7 Å². The van der Waals surface area contributed by atoms with Crippen LogP contribution in [0.15, 0.2) is 51.7 Å². The largest absolute Gasteiger partial charge is 0.318 e. The van der Waals surface area contributed by atoms with Gasteiger partial charge >= 0.3 is 0 Å². The van der Waals surface area contributed by atoms with Crippen LogP contribution in [0, 0.1) is 19.7 Å². The number of aryl methyl sites for hydroxylation is 1. The number of thiophene rings is 1. The molecule has 8 heteroatoms. The topological polar surface area (TPSA) is 56.9 Å². The molecule has 1 aromatic carbocycles. The number of hydrogen-bond acceptors (Lipinski definition) is 5. The Balaban J connectivity index is 1.61. The van der Waals surface area contributed by atoms with E-state index in [9.17, 15) is 14.0 Å². The highest BCUT2D eigenvalue weighted by Gasteiger charge is 2.18. The van der Waals surface area contributed by atoms with Crippen LogP contribution in [0.2, 0.25) is 0 Å². The van der Waals surface area contributed by atoms with E-state index in [1.807, 2.05) is 35.9 Å². The van der Waals surface area contributed by atoms with Gasteiger partial charge in [0.2, 0.25) is 0 Å². The van der Waals surface area contributed by atoms with Crippen molar-refractivity contribution in [3.05, 3.63) is 74.9 Å². The van der Waals surface area contributed by atoms with E-state index >= 15 is 0 Å². The van der Waals surface area contributed by atoms with Gasteiger partial charge in [-0.1, -0.05) is 17.8 Å².